The van der Waals surface area contributed by atoms with Crippen LogP contribution in [0, 0.1) is 25.2 Å². The SMILES string of the molecule is C/C=C/c1cc(C)c(-c2cc(NO)cc3c(N)nc(Nc4ccc(C#N)cn4)nc23)c(C)c1. The minimum Gasteiger partial charge on any atom is -0.383 e. The van der Waals surface area contributed by atoms with Crippen molar-refractivity contribution in [2.75, 3.05) is 16.5 Å². The standard InChI is InChI=1S/C25H23N7O/c1-4-5-16-8-14(2)22(15(3)9-16)19-10-18(32-33)11-20-23(19)30-25(31-24(20)27)29-21-7-6-17(12-26)13-28-21/h4-11,13,32-33H,1-3H3,(H3,27,28,29,30,31)/b5-4+. The van der Waals surface area contributed by atoms with Gasteiger partial charge in [-0.3, -0.25) is 10.7 Å². The summed E-state index contributed by atoms with van der Waals surface area (Å²) in [7, 11) is 0. The third-order valence-electron chi connectivity index (χ3n) is 5.27. The van der Waals surface area contributed by atoms with Crippen molar-refractivity contribution in [2.24, 2.45) is 0 Å². The van der Waals surface area contributed by atoms with Gasteiger partial charge in [0, 0.05) is 17.1 Å². The molecular formula is C25H23N7O. The highest BCUT2D eigenvalue weighted by Crippen LogP contribution is 2.37. The summed E-state index contributed by atoms with van der Waals surface area (Å²) in [6, 6.07) is 13.1. The summed E-state index contributed by atoms with van der Waals surface area (Å²) >= 11 is 0. The summed E-state index contributed by atoms with van der Waals surface area (Å²) in [6.45, 7) is 6.08. The van der Waals surface area contributed by atoms with Crippen LogP contribution in [0.4, 0.5) is 23.3 Å². The fraction of sp³-hybridized carbons (Fsp3) is 0.120. The van der Waals surface area contributed by atoms with Gasteiger partial charge in [-0.15, -0.1) is 0 Å². The highest BCUT2D eigenvalue weighted by atomic mass is 16.5. The smallest absolute Gasteiger partial charge is 0.230 e. The van der Waals surface area contributed by atoms with Crippen LogP contribution in [0.5, 0.6) is 0 Å². The second kappa shape index (κ2) is 8.94. The Kier molecular flexibility index (Phi) is 5.89. The molecule has 0 amide bonds. The highest BCUT2D eigenvalue weighted by molar-refractivity contribution is 6.03. The lowest BCUT2D eigenvalue weighted by atomic mass is 9.91. The van der Waals surface area contributed by atoms with E-state index in [2.05, 4.69) is 39.0 Å². The van der Waals surface area contributed by atoms with Gasteiger partial charge >= 0.3 is 0 Å². The van der Waals surface area contributed by atoms with Crippen LogP contribution in [0.3, 0.4) is 0 Å². The zero-order valence-electron chi connectivity index (χ0n) is 18.5. The Bertz CT molecular complexity index is 1400. The van der Waals surface area contributed by atoms with E-state index in [0.29, 0.717) is 28.0 Å². The molecule has 0 saturated heterocycles. The Hall–Kier alpha value is -4.48. The lowest BCUT2D eigenvalue weighted by Gasteiger charge is -2.16. The molecule has 33 heavy (non-hydrogen) atoms. The molecule has 4 aromatic rings. The predicted octanol–water partition coefficient (Wildman–Crippen LogP) is 5.34. The molecule has 0 spiro atoms. The lowest BCUT2D eigenvalue weighted by Crippen LogP contribution is -2.05. The van der Waals surface area contributed by atoms with E-state index in [1.807, 2.05) is 39.0 Å². The van der Waals surface area contributed by atoms with Gasteiger partial charge in [0.2, 0.25) is 5.95 Å². The molecule has 164 valence electrons. The van der Waals surface area contributed by atoms with Crippen molar-refractivity contribution >= 4 is 40.3 Å². The minimum absolute atomic E-state index is 0.260. The Balaban J connectivity index is 1.91. The van der Waals surface area contributed by atoms with E-state index in [-0.39, 0.29) is 11.8 Å². The fourth-order valence-corrected chi connectivity index (χ4v) is 3.93. The molecule has 0 atom stereocenters. The Morgan fingerprint density at radius 1 is 1.09 bits per heavy atom. The van der Waals surface area contributed by atoms with Crippen LogP contribution in [0.25, 0.3) is 28.1 Å². The largest absolute Gasteiger partial charge is 0.383 e. The molecule has 4 rings (SSSR count). The summed E-state index contributed by atoms with van der Waals surface area (Å²) in [5.41, 5.74) is 15.2. The van der Waals surface area contributed by atoms with Gasteiger partial charge in [-0.25, -0.2) is 9.97 Å². The third-order valence-corrected chi connectivity index (χ3v) is 5.27. The summed E-state index contributed by atoms with van der Waals surface area (Å²) in [4.78, 5) is 13.3. The molecule has 5 N–H and O–H groups in total. The molecule has 0 unspecified atom stereocenters. The monoisotopic (exact) mass is 437 g/mol. The summed E-state index contributed by atoms with van der Waals surface area (Å²) in [5, 5.41) is 22.3. The number of benzene rings is 2. The number of allylic oxidation sites excluding steroid dienone is 1. The van der Waals surface area contributed by atoms with E-state index in [4.69, 9.17) is 16.0 Å². The quantitative estimate of drug-likeness (QED) is 0.308. The predicted molar refractivity (Wildman–Crippen MR) is 131 cm³/mol. The lowest BCUT2D eigenvalue weighted by molar-refractivity contribution is 0.389. The zero-order chi connectivity index (χ0) is 23.5. The molecule has 2 aromatic carbocycles. The average molecular weight is 438 g/mol. The number of nitrogens with one attached hydrogen (secondary N) is 2. The van der Waals surface area contributed by atoms with Crippen molar-refractivity contribution < 1.29 is 5.21 Å². The molecule has 0 aliphatic heterocycles. The first-order valence-electron chi connectivity index (χ1n) is 10.3. The van der Waals surface area contributed by atoms with Crippen LogP contribution in [0.1, 0.15) is 29.2 Å². The molecular weight excluding hydrogens is 414 g/mol. The molecule has 0 radical (unpaired) electrons. The number of nitrogen functional groups attached to an aromatic ring is 1. The minimum atomic E-state index is 0.260. The number of pyridine rings is 1. The second-order valence-electron chi connectivity index (χ2n) is 7.66. The van der Waals surface area contributed by atoms with E-state index >= 15 is 0 Å². The van der Waals surface area contributed by atoms with Gasteiger partial charge in [-0.05, 0) is 67.3 Å². The van der Waals surface area contributed by atoms with Crippen LogP contribution < -0.4 is 16.5 Å². The van der Waals surface area contributed by atoms with Crippen molar-refractivity contribution in [3.8, 4) is 17.2 Å². The average Bonchev–Trinajstić information content (AvgIpc) is 2.79. The molecule has 0 aliphatic rings. The van der Waals surface area contributed by atoms with Gasteiger partial charge in [-0.2, -0.15) is 10.2 Å². The van der Waals surface area contributed by atoms with Crippen LogP contribution in [0.2, 0.25) is 0 Å². The Morgan fingerprint density at radius 3 is 2.45 bits per heavy atom. The van der Waals surface area contributed by atoms with Crippen LogP contribution >= 0.6 is 0 Å². The number of rotatable bonds is 5. The maximum atomic E-state index is 9.62. The number of anilines is 4. The molecule has 0 fully saturated rings. The molecule has 8 heteroatoms. The van der Waals surface area contributed by atoms with E-state index in [0.717, 1.165) is 27.8 Å². The maximum absolute atomic E-state index is 9.62. The first-order valence-corrected chi connectivity index (χ1v) is 10.3. The summed E-state index contributed by atoms with van der Waals surface area (Å²) in [6.07, 6.45) is 5.53. The number of aryl methyl sites for hydroxylation is 2. The highest BCUT2D eigenvalue weighted by Gasteiger charge is 2.17. The van der Waals surface area contributed by atoms with Crippen molar-refractivity contribution in [1.82, 2.24) is 15.0 Å². The van der Waals surface area contributed by atoms with E-state index < -0.39 is 0 Å². The number of nitriles is 1. The van der Waals surface area contributed by atoms with Gasteiger partial charge in [0.1, 0.15) is 17.7 Å². The van der Waals surface area contributed by atoms with Gasteiger partial charge in [0.05, 0.1) is 16.8 Å². The fourth-order valence-electron chi connectivity index (χ4n) is 3.93. The third kappa shape index (κ3) is 4.31. The van der Waals surface area contributed by atoms with E-state index in [1.54, 1.807) is 18.2 Å². The number of hydrogen-bond donors (Lipinski definition) is 4. The van der Waals surface area contributed by atoms with Gasteiger partial charge in [0.15, 0.2) is 0 Å². The molecule has 0 saturated carbocycles. The molecule has 2 heterocycles. The van der Waals surface area contributed by atoms with Crippen LogP contribution in [-0.2, 0) is 0 Å². The summed E-state index contributed by atoms with van der Waals surface area (Å²) < 4.78 is 0. The van der Waals surface area contributed by atoms with E-state index in [9.17, 15) is 5.21 Å². The number of nitrogens with two attached hydrogens (primary N) is 1. The van der Waals surface area contributed by atoms with Gasteiger partial charge in [-0.1, -0.05) is 24.3 Å². The first-order chi connectivity index (χ1) is 15.9. The van der Waals surface area contributed by atoms with Gasteiger partial charge < -0.3 is 11.1 Å². The molecule has 0 aliphatic carbocycles. The first kappa shape index (κ1) is 21.7. The van der Waals surface area contributed by atoms with Crippen molar-refractivity contribution in [2.45, 2.75) is 20.8 Å². The second-order valence-corrected chi connectivity index (χ2v) is 7.66. The van der Waals surface area contributed by atoms with Gasteiger partial charge in [0.25, 0.3) is 0 Å². The van der Waals surface area contributed by atoms with Crippen molar-refractivity contribution in [1.29, 1.82) is 5.26 Å². The Morgan fingerprint density at radius 2 is 1.85 bits per heavy atom. The topological polar surface area (TPSA) is 133 Å². The number of hydrogen-bond acceptors (Lipinski definition) is 8. The van der Waals surface area contributed by atoms with Crippen molar-refractivity contribution in [3.63, 3.8) is 0 Å². The number of fused-ring (bicyclic) bond motifs is 1. The van der Waals surface area contributed by atoms with E-state index in [1.165, 1.54) is 6.20 Å². The van der Waals surface area contributed by atoms with Crippen LogP contribution in [0.15, 0.2) is 48.7 Å². The normalized spacial score (nSPS) is 11.0. The molecule has 8 nitrogen and oxygen atoms in total. The summed E-state index contributed by atoms with van der Waals surface area (Å²) in [5.74, 6) is 1.03. The Labute approximate surface area is 191 Å². The molecule has 0 bridgehead atoms. The number of nitrogens with zero attached hydrogens (tertiary/aromatic N) is 4. The van der Waals surface area contributed by atoms with Crippen LogP contribution in [-0.4, -0.2) is 20.2 Å². The molecule has 2 aromatic heterocycles. The van der Waals surface area contributed by atoms with Crippen molar-refractivity contribution in [3.05, 3.63) is 70.9 Å². The maximum Gasteiger partial charge on any atom is 0.230 e. The number of aromatic nitrogens is 3. The zero-order valence-corrected chi connectivity index (χ0v) is 18.5.